The van der Waals surface area contributed by atoms with Crippen LogP contribution in [0.25, 0.3) is 11.1 Å². The number of aliphatic hydroxyl groups excluding tert-OH is 1. The Morgan fingerprint density at radius 3 is 2.53 bits per heavy atom. The Kier molecular flexibility index (Phi) is 7.83. The van der Waals surface area contributed by atoms with E-state index in [1.807, 2.05) is 0 Å². The number of alkyl halides is 3. The average molecular weight is 540 g/mol. The number of rotatable bonds is 7. The summed E-state index contributed by atoms with van der Waals surface area (Å²) in [5.41, 5.74) is 0.403. The Labute approximate surface area is 214 Å². The van der Waals surface area contributed by atoms with Crippen molar-refractivity contribution in [2.45, 2.75) is 52.1 Å². The number of amides is 1. The van der Waals surface area contributed by atoms with Gasteiger partial charge in [-0.15, -0.1) is 0 Å². The Hall–Kier alpha value is -3.99. The maximum absolute atomic E-state index is 14.9. The molecule has 0 unspecified atom stereocenters. The van der Waals surface area contributed by atoms with Crippen LogP contribution < -0.4 is 10.2 Å². The van der Waals surface area contributed by atoms with E-state index in [1.165, 1.54) is 9.58 Å². The molecule has 3 aromatic rings. The highest BCUT2D eigenvalue weighted by Crippen LogP contribution is 2.39. The second kappa shape index (κ2) is 10.4. The summed E-state index contributed by atoms with van der Waals surface area (Å²) in [6.45, 7) is 2.19. The number of carbonyl (C=O) groups excluding carboxylic acids is 1. The maximum Gasteiger partial charge on any atom is 0.408 e. The molecule has 0 radical (unpaired) electrons. The number of aliphatic hydroxyl groups is 1. The lowest BCUT2D eigenvalue weighted by atomic mass is 9.86. The standard InChI is InChI=1S/C23H22F5N7O2.CH4/c1-12-15(7-30-32-12)16-8-35(33-19(16)9-36)22(3-4-29)10-34(11-22)20-6-17(24)14(5-18(20)25)21(37)31-13(2)23(26,27)28;/h5-8,13,36H,3,9-11H2,1-2H3,(H,30,32)(H,31,37);1H4/t13-;/m0./s1. The van der Waals surface area contributed by atoms with E-state index in [-0.39, 0.29) is 39.2 Å². The summed E-state index contributed by atoms with van der Waals surface area (Å²) in [5, 5.41) is 32.0. The van der Waals surface area contributed by atoms with Crippen LogP contribution in [0.2, 0.25) is 0 Å². The third kappa shape index (κ3) is 5.06. The van der Waals surface area contributed by atoms with Gasteiger partial charge in [-0.3, -0.25) is 14.6 Å². The van der Waals surface area contributed by atoms with Crippen molar-refractivity contribution in [1.82, 2.24) is 25.3 Å². The first-order chi connectivity index (χ1) is 17.4. The summed E-state index contributed by atoms with van der Waals surface area (Å²) in [6.07, 6.45) is -1.54. The molecule has 9 nitrogen and oxygen atoms in total. The van der Waals surface area contributed by atoms with E-state index in [4.69, 9.17) is 0 Å². The number of aryl methyl sites for hydroxylation is 1. The van der Waals surface area contributed by atoms with Crippen molar-refractivity contribution < 1.29 is 31.9 Å². The van der Waals surface area contributed by atoms with Crippen molar-refractivity contribution in [3.8, 4) is 17.2 Å². The van der Waals surface area contributed by atoms with Crippen molar-refractivity contribution in [3.63, 3.8) is 0 Å². The average Bonchev–Trinajstić information content (AvgIpc) is 3.42. The molecular formula is C24H26F5N7O2. The molecule has 4 rings (SSSR count). The van der Waals surface area contributed by atoms with Gasteiger partial charge in [0.1, 0.15) is 23.2 Å². The van der Waals surface area contributed by atoms with Gasteiger partial charge in [0.15, 0.2) is 0 Å². The Morgan fingerprint density at radius 1 is 1.29 bits per heavy atom. The number of halogens is 5. The predicted molar refractivity (Wildman–Crippen MR) is 127 cm³/mol. The van der Waals surface area contributed by atoms with E-state index in [9.17, 15) is 37.1 Å². The molecule has 3 heterocycles. The zero-order valence-corrected chi connectivity index (χ0v) is 19.7. The molecular weight excluding hydrogens is 513 g/mol. The van der Waals surface area contributed by atoms with Gasteiger partial charge in [0, 0.05) is 42.2 Å². The van der Waals surface area contributed by atoms with Crippen LogP contribution in [-0.2, 0) is 12.1 Å². The first-order valence-corrected chi connectivity index (χ1v) is 11.1. The number of hydrogen-bond donors (Lipinski definition) is 3. The van der Waals surface area contributed by atoms with Gasteiger partial charge in [0.25, 0.3) is 5.91 Å². The van der Waals surface area contributed by atoms with Crippen molar-refractivity contribution in [2.75, 3.05) is 18.0 Å². The fourth-order valence-electron chi connectivity index (χ4n) is 4.24. The van der Waals surface area contributed by atoms with Gasteiger partial charge in [0.05, 0.1) is 42.2 Å². The number of nitrogens with one attached hydrogen (secondary N) is 2. The molecule has 1 atom stereocenters. The van der Waals surface area contributed by atoms with E-state index in [2.05, 4.69) is 21.4 Å². The molecule has 1 amide bonds. The van der Waals surface area contributed by atoms with Crippen LogP contribution in [0.5, 0.6) is 0 Å². The van der Waals surface area contributed by atoms with Crippen LogP contribution in [0, 0.1) is 29.9 Å². The van der Waals surface area contributed by atoms with Crippen LogP contribution in [-0.4, -0.2) is 56.3 Å². The number of benzene rings is 1. The second-order valence-electron chi connectivity index (χ2n) is 8.94. The minimum absolute atomic E-state index is 0. The zero-order valence-electron chi connectivity index (χ0n) is 19.7. The number of carbonyl (C=O) groups is 1. The minimum Gasteiger partial charge on any atom is -0.390 e. The third-order valence-corrected chi connectivity index (χ3v) is 6.39. The van der Waals surface area contributed by atoms with Crippen LogP contribution in [0.15, 0.2) is 24.5 Å². The smallest absolute Gasteiger partial charge is 0.390 e. The molecule has 0 saturated carbocycles. The molecule has 1 aromatic carbocycles. The molecule has 0 aliphatic carbocycles. The highest BCUT2D eigenvalue weighted by Gasteiger charge is 2.47. The molecule has 0 spiro atoms. The Morgan fingerprint density at radius 2 is 1.97 bits per heavy atom. The first-order valence-electron chi connectivity index (χ1n) is 11.1. The molecule has 2 aromatic heterocycles. The summed E-state index contributed by atoms with van der Waals surface area (Å²) in [4.78, 5) is 13.5. The second-order valence-corrected chi connectivity index (χ2v) is 8.94. The van der Waals surface area contributed by atoms with Crippen molar-refractivity contribution in [1.29, 1.82) is 5.26 Å². The normalized spacial score (nSPS) is 15.3. The van der Waals surface area contributed by atoms with E-state index in [1.54, 1.807) is 24.6 Å². The Balaban J connectivity index is 0.00000400. The van der Waals surface area contributed by atoms with Crippen molar-refractivity contribution in [2.24, 2.45) is 0 Å². The van der Waals surface area contributed by atoms with E-state index in [0.29, 0.717) is 29.8 Å². The van der Waals surface area contributed by atoms with E-state index in [0.717, 1.165) is 11.8 Å². The summed E-state index contributed by atoms with van der Waals surface area (Å²) in [5.74, 6) is -3.60. The number of aromatic amines is 1. The number of hydrogen-bond acceptors (Lipinski definition) is 6. The van der Waals surface area contributed by atoms with Gasteiger partial charge >= 0.3 is 6.18 Å². The van der Waals surface area contributed by atoms with Crippen LogP contribution in [0.4, 0.5) is 27.6 Å². The largest absolute Gasteiger partial charge is 0.408 e. The molecule has 1 fully saturated rings. The number of nitrogens with zero attached hydrogens (tertiary/aromatic N) is 5. The molecule has 1 aliphatic rings. The maximum atomic E-state index is 14.9. The fraction of sp³-hybridized carbons (Fsp3) is 0.417. The van der Waals surface area contributed by atoms with Gasteiger partial charge in [-0.1, -0.05) is 7.43 Å². The highest BCUT2D eigenvalue weighted by atomic mass is 19.4. The predicted octanol–water partition coefficient (Wildman–Crippen LogP) is 3.80. The van der Waals surface area contributed by atoms with E-state index < -0.39 is 40.9 Å². The number of anilines is 1. The number of nitriles is 1. The quantitative estimate of drug-likeness (QED) is 0.393. The SMILES string of the molecule is C.Cc1[nH]ncc1-c1cn(C2(CC#N)CN(c3cc(F)c(C(=O)N[C@@H](C)C(F)(F)F)cc3F)C2)nc1CO. The number of aromatic nitrogens is 4. The van der Waals surface area contributed by atoms with Crippen LogP contribution in [0.3, 0.4) is 0 Å². The Bertz CT molecular complexity index is 1370. The monoisotopic (exact) mass is 539 g/mol. The fourth-order valence-corrected chi connectivity index (χ4v) is 4.24. The van der Waals surface area contributed by atoms with Gasteiger partial charge in [-0.05, 0) is 19.9 Å². The summed E-state index contributed by atoms with van der Waals surface area (Å²) in [7, 11) is 0. The molecule has 0 bridgehead atoms. The summed E-state index contributed by atoms with van der Waals surface area (Å²) in [6, 6.07) is 1.10. The van der Waals surface area contributed by atoms with Crippen LogP contribution >= 0.6 is 0 Å². The third-order valence-electron chi connectivity index (χ3n) is 6.39. The van der Waals surface area contributed by atoms with Crippen molar-refractivity contribution in [3.05, 3.63) is 53.1 Å². The van der Waals surface area contributed by atoms with Gasteiger partial charge in [-0.25, -0.2) is 8.78 Å². The summed E-state index contributed by atoms with van der Waals surface area (Å²) >= 11 is 0. The lowest BCUT2D eigenvalue weighted by molar-refractivity contribution is -0.149. The van der Waals surface area contributed by atoms with E-state index >= 15 is 0 Å². The zero-order chi connectivity index (χ0) is 27.1. The molecule has 1 saturated heterocycles. The van der Waals surface area contributed by atoms with Gasteiger partial charge < -0.3 is 15.3 Å². The topological polar surface area (TPSA) is 123 Å². The summed E-state index contributed by atoms with van der Waals surface area (Å²) < 4.78 is 69.2. The molecule has 3 N–H and O–H groups in total. The lowest BCUT2D eigenvalue weighted by Crippen LogP contribution is -2.63. The van der Waals surface area contributed by atoms with Gasteiger partial charge in [0.2, 0.25) is 0 Å². The first kappa shape index (κ1) is 28.6. The van der Waals surface area contributed by atoms with Crippen molar-refractivity contribution >= 4 is 11.6 Å². The number of H-pyrrole nitrogens is 1. The minimum atomic E-state index is -4.75. The molecule has 204 valence electrons. The van der Waals surface area contributed by atoms with Gasteiger partial charge in [-0.2, -0.15) is 28.6 Å². The molecule has 38 heavy (non-hydrogen) atoms. The van der Waals surface area contributed by atoms with Crippen LogP contribution in [0.1, 0.15) is 42.5 Å². The molecule has 14 heteroatoms. The molecule has 1 aliphatic heterocycles. The highest BCUT2D eigenvalue weighted by molar-refractivity contribution is 5.95. The lowest BCUT2D eigenvalue weighted by Gasteiger charge is -2.50.